The van der Waals surface area contributed by atoms with Gasteiger partial charge in [0.05, 0.1) is 5.69 Å². The highest BCUT2D eigenvalue weighted by Crippen LogP contribution is 2.32. The molecule has 44 heavy (non-hydrogen) atoms. The third-order valence-corrected chi connectivity index (χ3v) is 7.78. The maximum Gasteiger partial charge on any atom is 0.413 e. The van der Waals surface area contributed by atoms with Gasteiger partial charge in [0.25, 0.3) is 5.91 Å². The maximum atomic E-state index is 12.5. The van der Waals surface area contributed by atoms with E-state index in [2.05, 4.69) is 56.0 Å². The summed E-state index contributed by atoms with van der Waals surface area (Å²) >= 11 is 0. The van der Waals surface area contributed by atoms with Crippen molar-refractivity contribution in [2.24, 2.45) is 7.05 Å². The largest absolute Gasteiger partial charge is 0.444 e. The first-order chi connectivity index (χ1) is 20.8. The summed E-state index contributed by atoms with van der Waals surface area (Å²) in [5, 5.41) is 12.2. The van der Waals surface area contributed by atoms with E-state index in [1.54, 1.807) is 31.3 Å². The number of hydrogen-bond acceptors (Lipinski definition) is 7. The normalized spacial score (nSPS) is 14.0. The zero-order valence-electron chi connectivity index (χ0n) is 26.9. The summed E-state index contributed by atoms with van der Waals surface area (Å²) in [5.41, 5.74) is 8.66. The lowest BCUT2D eigenvalue weighted by atomic mass is 9.90. The molecule has 3 aromatic heterocycles. The smallest absolute Gasteiger partial charge is 0.413 e. The van der Waals surface area contributed by atoms with Gasteiger partial charge in [0.2, 0.25) is 0 Å². The molecule has 10 heteroatoms. The number of amides is 2. The molecule has 0 saturated carbocycles. The van der Waals surface area contributed by atoms with E-state index in [0.717, 1.165) is 65.0 Å². The SMILES string of the molecule is Cc1cc(C(=O)N(C)C)cc(C)c1C1=CCN(Cc2cc3c(-c4ccc(NC(=O)OC(C)(C)C)nn4)ccnc3n2C)CC1. The summed E-state index contributed by atoms with van der Waals surface area (Å²) in [6.07, 6.45) is 4.47. The van der Waals surface area contributed by atoms with E-state index in [1.165, 1.54) is 11.1 Å². The van der Waals surface area contributed by atoms with Crippen LogP contribution in [0.5, 0.6) is 0 Å². The van der Waals surface area contributed by atoms with Crippen molar-refractivity contribution in [2.75, 3.05) is 32.5 Å². The molecule has 1 aliphatic heterocycles. The highest BCUT2D eigenvalue weighted by molar-refractivity contribution is 5.95. The second-order valence-electron chi connectivity index (χ2n) is 12.6. The Morgan fingerprint density at radius 1 is 1.05 bits per heavy atom. The number of anilines is 1. The van der Waals surface area contributed by atoms with Crippen molar-refractivity contribution >= 4 is 34.4 Å². The van der Waals surface area contributed by atoms with Crippen molar-refractivity contribution in [1.82, 2.24) is 29.5 Å². The number of carbonyl (C=O) groups excluding carboxylic acids is 2. The van der Waals surface area contributed by atoms with E-state index >= 15 is 0 Å². The summed E-state index contributed by atoms with van der Waals surface area (Å²) in [6.45, 7) is 12.2. The highest BCUT2D eigenvalue weighted by atomic mass is 16.6. The summed E-state index contributed by atoms with van der Waals surface area (Å²) in [7, 11) is 5.61. The molecule has 4 heterocycles. The van der Waals surface area contributed by atoms with Crippen molar-refractivity contribution in [1.29, 1.82) is 0 Å². The van der Waals surface area contributed by atoms with Crippen LogP contribution in [-0.2, 0) is 18.3 Å². The van der Waals surface area contributed by atoms with Gasteiger partial charge in [-0.15, -0.1) is 10.2 Å². The van der Waals surface area contributed by atoms with Crippen LogP contribution in [0.3, 0.4) is 0 Å². The second kappa shape index (κ2) is 12.2. The number of ether oxygens (including phenoxy) is 1. The Bertz CT molecular complexity index is 1720. The molecule has 10 nitrogen and oxygen atoms in total. The maximum absolute atomic E-state index is 12.5. The Hall–Kier alpha value is -4.57. The van der Waals surface area contributed by atoms with Gasteiger partial charge in [0.1, 0.15) is 11.2 Å². The van der Waals surface area contributed by atoms with Crippen molar-refractivity contribution in [2.45, 2.75) is 53.2 Å². The van der Waals surface area contributed by atoms with Crippen LogP contribution in [0.15, 0.2) is 48.7 Å². The average Bonchev–Trinajstić information content (AvgIpc) is 3.27. The first-order valence-electron chi connectivity index (χ1n) is 14.8. The molecule has 5 rings (SSSR count). The first-order valence-corrected chi connectivity index (χ1v) is 14.8. The van der Waals surface area contributed by atoms with Crippen molar-refractivity contribution in [3.63, 3.8) is 0 Å². The lowest BCUT2D eigenvalue weighted by Gasteiger charge is -2.28. The second-order valence-corrected chi connectivity index (χ2v) is 12.6. The third-order valence-electron chi connectivity index (χ3n) is 7.78. The predicted octanol–water partition coefficient (Wildman–Crippen LogP) is 5.99. The molecular weight excluding hydrogens is 554 g/mol. The quantitative estimate of drug-likeness (QED) is 0.292. The molecule has 0 unspecified atom stereocenters. The van der Waals surface area contributed by atoms with E-state index < -0.39 is 11.7 Å². The Labute approximate surface area is 258 Å². The highest BCUT2D eigenvalue weighted by Gasteiger charge is 2.21. The number of nitrogens with one attached hydrogen (secondary N) is 1. The van der Waals surface area contributed by atoms with Crippen LogP contribution in [0, 0.1) is 13.8 Å². The Balaban J connectivity index is 1.31. The summed E-state index contributed by atoms with van der Waals surface area (Å²) in [4.78, 5) is 33.3. The van der Waals surface area contributed by atoms with Gasteiger partial charge in [0, 0.05) is 69.2 Å². The predicted molar refractivity (Wildman–Crippen MR) is 173 cm³/mol. The average molecular weight is 596 g/mol. The van der Waals surface area contributed by atoms with Crippen molar-refractivity contribution in [3.8, 4) is 11.3 Å². The van der Waals surface area contributed by atoms with E-state index in [9.17, 15) is 9.59 Å². The number of fused-ring (bicyclic) bond motifs is 1. The van der Waals surface area contributed by atoms with Crippen molar-refractivity contribution in [3.05, 3.63) is 76.6 Å². The van der Waals surface area contributed by atoms with Gasteiger partial charge < -0.3 is 14.2 Å². The van der Waals surface area contributed by atoms with Gasteiger partial charge in [-0.25, -0.2) is 9.78 Å². The Morgan fingerprint density at radius 2 is 1.77 bits per heavy atom. The summed E-state index contributed by atoms with van der Waals surface area (Å²) < 4.78 is 7.44. The molecule has 0 spiro atoms. The molecule has 1 aromatic carbocycles. The molecule has 0 fully saturated rings. The molecule has 0 bridgehead atoms. The van der Waals surface area contributed by atoms with E-state index in [-0.39, 0.29) is 5.91 Å². The number of hydrogen-bond donors (Lipinski definition) is 1. The minimum absolute atomic E-state index is 0.0263. The van der Waals surface area contributed by atoms with Gasteiger partial charge >= 0.3 is 6.09 Å². The minimum atomic E-state index is -0.600. The number of aromatic nitrogens is 4. The number of nitrogens with zero attached hydrogens (tertiary/aromatic N) is 6. The van der Waals surface area contributed by atoms with Gasteiger partial charge in [-0.1, -0.05) is 6.08 Å². The van der Waals surface area contributed by atoms with Crippen LogP contribution in [-0.4, -0.2) is 74.3 Å². The third kappa shape index (κ3) is 6.65. The van der Waals surface area contributed by atoms with Gasteiger partial charge in [-0.05, 0) is 99.7 Å². The van der Waals surface area contributed by atoms with E-state index in [0.29, 0.717) is 11.5 Å². The molecule has 1 N–H and O–H groups in total. The Morgan fingerprint density at radius 3 is 2.36 bits per heavy atom. The van der Waals surface area contributed by atoms with Crippen molar-refractivity contribution < 1.29 is 14.3 Å². The van der Waals surface area contributed by atoms with E-state index in [1.807, 2.05) is 52.1 Å². The number of aryl methyl sites for hydroxylation is 3. The topological polar surface area (TPSA) is 105 Å². The molecule has 2 amide bonds. The lowest BCUT2D eigenvalue weighted by molar-refractivity contribution is 0.0634. The fourth-order valence-corrected chi connectivity index (χ4v) is 5.76. The van der Waals surface area contributed by atoms with Crippen LogP contribution in [0.4, 0.5) is 10.6 Å². The van der Waals surface area contributed by atoms with E-state index in [4.69, 9.17) is 4.74 Å². The monoisotopic (exact) mass is 595 g/mol. The summed E-state index contributed by atoms with van der Waals surface area (Å²) in [5.74, 6) is 0.348. The number of rotatable bonds is 6. The molecule has 0 aliphatic carbocycles. The standard InChI is InChI=1S/C34H41N7O3/c1-21-17-24(32(42)39(6)7)18-22(2)30(21)23-12-15-41(16-13-23)20-25-19-27-26(11-14-35-31(27)40(25)8)28-9-10-29(38-37-28)36-33(43)44-34(3,4)5/h9-12,14,17-19H,13,15-16,20H2,1-8H3,(H,36,38,43). The van der Waals surface area contributed by atoms with Crippen LogP contribution in [0.1, 0.15) is 59.9 Å². The zero-order valence-corrected chi connectivity index (χ0v) is 26.9. The van der Waals surface area contributed by atoms with Crippen LogP contribution in [0.2, 0.25) is 0 Å². The van der Waals surface area contributed by atoms with Crippen LogP contribution < -0.4 is 5.32 Å². The fraction of sp³-hybridized carbons (Fsp3) is 0.382. The Kier molecular flexibility index (Phi) is 8.56. The zero-order chi connectivity index (χ0) is 31.8. The fourth-order valence-electron chi connectivity index (χ4n) is 5.76. The number of pyridine rings is 1. The number of carbonyl (C=O) groups is 2. The van der Waals surface area contributed by atoms with Crippen LogP contribution in [0.25, 0.3) is 27.9 Å². The molecule has 1 aliphatic rings. The van der Waals surface area contributed by atoms with Gasteiger partial charge in [-0.3, -0.25) is 15.0 Å². The molecule has 0 atom stereocenters. The molecular formula is C34H41N7O3. The van der Waals surface area contributed by atoms with Crippen LogP contribution >= 0.6 is 0 Å². The minimum Gasteiger partial charge on any atom is -0.444 e. The summed E-state index contributed by atoms with van der Waals surface area (Å²) in [6, 6.07) is 11.7. The van der Waals surface area contributed by atoms with Gasteiger partial charge in [-0.2, -0.15) is 0 Å². The molecule has 230 valence electrons. The first kappa shape index (κ1) is 30.9. The van der Waals surface area contributed by atoms with Gasteiger partial charge in [0.15, 0.2) is 5.82 Å². The molecule has 0 radical (unpaired) electrons. The molecule has 4 aromatic rings. The number of benzene rings is 1. The lowest BCUT2D eigenvalue weighted by Crippen LogP contribution is -2.29. The molecule has 0 saturated heterocycles.